The summed E-state index contributed by atoms with van der Waals surface area (Å²) in [5, 5.41) is 3.70. The highest BCUT2D eigenvalue weighted by Gasteiger charge is 2.10. The number of rotatable bonds is 2. The second-order valence-corrected chi connectivity index (χ2v) is 4.60. The molecule has 0 saturated heterocycles. The number of hydrogen-bond donors (Lipinski definition) is 1. The molecule has 2 rings (SSSR count). The summed E-state index contributed by atoms with van der Waals surface area (Å²) in [6.07, 6.45) is 0.774. The van der Waals surface area contributed by atoms with E-state index in [1.165, 1.54) is 4.68 Å². The third kappa shape index (κ3) is 1.95. The van der Waals surface area contributed by atoms with E-state index >= 15 is 0 Å². The van der Waals surface area contributed by atoms with Gasteiger partial charge in [-0.25, -0.2) is 4.68 Å². The monoisotopic (exact) mass is 300 g/mol. The van der Waals surface area contributed by atoms with E-state index in [1.807, 2.05) is 6.92 Å². The highest BCUT2D eigenvalue weighted by atomic mass is 79.9. The van der Waals surface area contributed by atoms with Gasteiger partial charge in [0.15, 0.2) is 0 Å². The maximum absolute atomic E-state index is 11.9. The van der Waals surface area contributed by atoms with Crippen LogP contribution in [0, 0.1) is 0 Å². The molecule has 0 spiro atoms. The summed E-state index contributed by atoms with van der Waals surface area (Å²) in [4.78, 5) is 11.9. The van der Waals surface area contributed by atoms with Crippen LogP contribution in [0.25, 0.3) is 5.69 Å². The van der Waals surface area contributed by atoms with E-state index in [0.717, 1.165) is 17.8 Å². The molecular weight excluding hydrogens is 291 g/mol. The Morgan fingerprint density at radius 1 is 1.38 bits per heavy atom. The Morgan fingerprint density at radius 3 is 2.50 bits per heavy atom. The van der Waals surface area contributed by atoms with Gasteiger partial charge >= 0.3 is 0 Å². The Balaban J connectivity index is 2.56. The number of aryl methyl sites for hydroxylation is 1. The number of halogens is 2. The number of nitrogens with zero attached hydrogens (tertiary/aromatic N) is 1. The largest absolute Gasteiger partial charge is 0.294 e. The highest BCUT2D eigenvalue weighted by Crippen LogP contribution is 2.15. The second-order valence-electron chi connectivity index (χ2n) is 3.37. The number of nitrogens with one attached hydrogen (secondary N) is 1. The van der Waals surface area contributed by atoms with Gasteiger partial charge in [-0.15, -0.1) is 0 Å². The fraction of sp³-hybridized carbons (Fsp3) is 0.182. The second kappa shape index (κ2) is 4.47. The highest BCUT2D eigenvalue weighted by molar-refractivity contribution is 9.10. The van der Waals surface area contributed by atoms with Gasteiger partial charge in [0.2, 0.25) is 0 Å². The van der Waals surface area contributed by atoms with Crippen LogP contribution in [0.4, 0.5) is 0 Å². The van der Waals surface area contributed by atoms with Gasteiger partial charge in [0.1, 0.15) is 4.47 Å². The van der Waals surface area contributed by atoms with Crippen LogP contribution in [0.1, 0.15) is 12.6 Å². The van der Waals surface area contributed by atoms with Gasteiger partial charge in [0.05, 0.1) is 11.4 Å². The van der Waals surface area contributed by atoms with Gasteiger partial charge < -0.3 is 0 Å². The van der Waals surface area contributed by atoms with Crippen molar-refractivity contribution in [3.8, 4) is 5.69 Å². The molecule has 0 aliphatic rings. The number of H-pyrrole nitrogens is 1. The first kappa shape index (κ1) is 11.5. The Kier molecular flexibility index (Phi) is 3.21. The average molecular weight is 302 g/mol. The number of benzene rings is 1. The van der Waals surface area contributed by atoms with Gasteiger partial charge in [-0.3, -0.25) is 9.89 Å². The Labute approximate surface area is 106 Å². The topological polar surface area (TPSA) is 37.8 Å². The third-order valence-corrected chi connectivity index (χ3v) is 3.41. The van der Waals surface area contributed by atoms with Crippen molar-refractivity contribution in [3.63, 3.8) is 0 Å². The van der Waals surface area contributed by atoms with Crippen LogP contribution in [-0.2, 0) is 6.42 Å². The van der Waals surface area contributed by atoms with Crippen LogP contribution in [0.15, 0.2) is 33.5 Å². The molecule has 0 atom stereocenters. The van der Waals surface area contributed by atoms with Crippen molar-refractivity contribution in [2.45, 2.75) is 13.3 Å². The molecule has 0 radical (unpaired) electrons. The van der Waals surface area contributed by atoms with Crippen LogP contribution in [0.2, 0.25) is 5.02 Å². The lowest BCUT2D eigenvalue weighted by Crippen LogP contribution is -2.14. The number of aromatic nitrogens is 2. The van der Waals surface area contributed by atoms with Gasteiger partial charge in [-0.1, -0.05) is 18.5 Å². The molecular formula is C11H10BrClN2O. The Hall–Kier alpha value is -1.00. The molecule has 1 N–H and O–H groups in total. The minimum atomic E-state index is -0.0841. The molecule has 5 heteroatoms. The molecule has 0 amide bonds. The predicted molar refractivity (Wildman–Crippen MR) is 68.5 cm³/mol. The van der Waals surface area contributed by atoms with Crippen molar-refractivity contribution in [2.24, 2.45) is 0 Å². The maximum Gasteiger partial charge on any atom is 0.285 e. The molecule has 0 unspecified atom stereocenters. The first-order valence-corrected chi connectivity index (χ1v) is 6.06. The zero-order chi connectivity index (χ0) is 11.7. The fourth-order valence-corrected chi connectivity index (χ4v) is 2.14. The summed E-state index contributed by atoms with van der Waals surface area (Å²) in [5.74, 6) is 0. The van der Waals surface area contributed by atoms with Crippen molar-refractivity contribution < 1.29 is 0 Å². The lowest BCUT2D eigenvalue weighted by Gasteiger charge is -2.01. The standard InChI is InChI=1S/C11H10BrClN2O/c1-2-9-10(12)11(16)15(14-9)8-5-3-7(13)4-6-8/h3-6,14H,2H2,1H3. The maximum atomic E-state index is 11.9. The first-order chi connectivity index (χ1) is 7.63. The Bertz CT molecular complexity index is 556. The van der Waals surface area contributed by atoms with Crippen molar-refractivity contribution in [2.75, 3.05) is 0 Å². The fourth-order valence-electron chi connectivity index (χ4n) is 1.47. The number of aromatic amines is 1. The molecule has 2 aromatic rings. The van der Waals surface area contributed by atoms with E-state index in [4.69, 9.17) is 11.6 Å². The van der Waals surface area contributed by atoms with Crippen molar-refractivity contribution in [3.05, 3.63) is 49.8 Å². The van der Waals surface area contributed by atoms with Crippen molar-refractivity contribution in [1.82, 2.24) is 9.78 Å². The summed E-state index contributed by atoms with van der Waals surface area (Å²) >= 11 is 9.08. The molecule has 3 nitrogen and oxygen atoms in total. The van der Waals surface area contributed by atoms with Crippen LogP contribution in [-0.4, -0.2) is 9.78 Å². The minimum Gasteiger partial charge on any atom is -0.294 e. The van der Waals surface area contributed by atoms with Gasteiger partial charge in [-0.2, -0.15) is 0 Å². The van der Waals surface area contributed by atoms with Crippen LogP contribution in [0.3, 0.4) is 0 Å². The summed E-state index contributed by atoms with van der Waals surface area (Å²) in [7, 11) is 0. The molecule has 1 aromatic heterocycles. The molecule has 0 aliphatic heterocycles. The molecule has 0 saturated carbocycles. The SMILES string of the molecule is CCc1[nH]n(-c2ccc(Cl)cc2)c(=O)c1Br. The first-order valence-electron chi connectivity index (χ1n) is 4.88. The van der Waals surface area contributed by atoms with Gasteiger partial charge in [-0.05, 0) is 46.6 Å². The van der Waals surface area contributed by atoms with E-state index in [-0.39, 0.29) is 5.56 Å². The van der Waals surface area contributed by atoms with E-state index in [2.05, 4.69) is 21.0 Å². The number of hydrogen-bond acceptors (Lipinski definition) is 1. The third-order valence-electron chi connectivity index (χ3n) is 2.34. The summed E-state index contributed by atoms with van der Waals surface area (Å²) in [6.45, 7) is 1.99. The van der Waals surface area contributed by atoms with E-state index in [1.54, 1.807) is 24.3 Å². The van der Waals surface area contributed by atoms with Crippen LogP contribution >= 0.6 is 27.5 Å². The zero-order valence-electron chi connectivity index (χ0n) is 8.63. The molecule has 16 heavy (non-hydrogen) atoms. The Morgan fingerprint density at radius 2 is 2.00 bits per heavy atom. The van der Waals surface area contributed by atoms with Gasteiger partial charge in [0.25, 0.3) is 5.56 Å². The normalized spacial score (nSPS) is 10.7. The van der Waals surface area contributed by atoms with E-state index in [9.17, 15) is 4.79 Å². The molecule has 0 fully saturated rings. The lowest BCUT2D eigenvalue weighted by molar-refractivity contribution is 0.819. The molecule has 84 valence electrons. The molecule has 1 heterocycles. The van der Waals surface area contributed by atoms with Crippen LogP contribution < -0.4 is 5.56 Å². The summed E-state index contributed by atoms with van der Waals surface area (Å²) < 4.78 is 2.09. The van der Waals surface area contributed by atoms with Gasteiger partial charge in [0, 0.05) is 5.02 Å². The smallest absolute Gasteiger partial charge is 0.285 e. The quantitative estimate of drug-likeness (QED) is 0.909. The molecule has 0 aliphatic carbocycles. The summed E-state index contributed by atoms with van der Waals surface area (Å²) in [5.41, 5.74) is 1.58. The van der Waals surface area contributed by atoms with E-state index < -0.39 is 0 Å². The molecule has 1 aromatic carbocycles. The molecule has 0 bridgehead atoms. The summed E-state index contributed by atoms with van der Waals surface area (Å²) in [6, 6.07) is 7.10. The average Bonchev–Trinajstić information content (AvgIpc) is 2.57. The lowest BCUT2D eigenvalue weighted by atomic mass is 10.3. The van der Waals surface area contributed by atoms with E-state index in [0.29, 0.717) is 9.50 Å². The zero-order valence-corrected chi connectivity index (χ0v) is 11.0. The van der Waals surface area contributed by atoms with Crippen LogP contribution in [0.5, 0.6) is 0 Å². The van der Waals surface area contributed by atoms with Crippen molar-refractivity contribution >= 4 is 27.5 Å². The van der Waals surface area contributed by atoms with Crippen molar-refractivity contribution in [1.29, 1.82) is 0 Å². The minimum absolute atomic E-state index is 0.0841. The predicted octanol–water partition coefficient (Wildman–Crippen LogP) is 3.14.